The Balaban J connectivity index is 1.99. The number of hydrogen-bond donors (Lipinski definition) is 12. The summed E-state index contributed by atoms with van der Waals surface area (Å²) in [5, 5.41) is 53.7. The summed E-state index contributed by atoms with van der Waals surface area (Å²) in [6.45, 7) is 15.4. The number of nitrogens with one attached hydrogen (secondary N) is 9. The van der Waals surface area contributed by atoms with Crippen LogP contribution in [0.15, 0.2) is 47.9 Å². The third-order valence-corrected chi connectivity index (χ3v) is 18.9. The fraction of sp³-hybridized carbons (Fsp3) is 0.583. The fourth-order valence-corrected chi connectivity index (χ4v) is 11.5. The van der Waals surface area contributed by atoms with Gasteiger partial charge >= 0.3 is 23.9 Å². The highest BCUT2D eigenvalue weighted by Crippen LogP contribution is 2.34. The lowest BCUT2D eigenvalue weighted by molar-refractivity contribution is -0.162. The molecule has 3 rings (SSSR count). The van der Waals surface area contributed by atoms with Gasteiger partial charge in [0.25, 0.3) is 17.7 Å². The molecule has 37 nitrogen and oxygen atoms in total. The number of fused-ring (bicyclic) bond motifs is 1. The number of amides is 12. The molecule has 0 radical (unpaired) electrons. The monoisotopic (exact) mass is 1570 g/mol. The van der Waals surface area contributed by atoms with Crippen molar-refractivity contribution in [3.05, 3.63) is 64.1 Å². The molecule has 1 unspecified atom stereocenters. The Labute approximate surface area is 641 Å². The summed E-state index contributed by atoms with van der Waals surface area (Å²) in [5.74, 6) is -17.7. The number of hydrazine groups is 1. The van der Waals surface area contributed by atoms with Crippen LogP contribution in [0, 0.1) is 23.7 Å². The Kier molecular flexibility index (Phi) is 38.6. The number of anilines is 2. The van der Waals surface area contributed by atoms with Crippen LogP contribution < -0.4 is 47.9 Å². The first-order valence-corrected chi connectivity index (χ1v) is 36.6. The highest BCUT2D eigenvalue weighted by atomic mass is 32.1. The van der Waals surface area contributed by atoms with Crippen LogP contribution in [-0.2, 0) is 97.3 Å². The lowest BCUT2D eigenvalue weighted by atomic mass is 9.81. The largest absolute Gasteiger partial charge is 0.481 e. The minimum absolute atomic E-state index is 0.00453. The molecule has 38 heteroatoms. The number of benzene rings is 1. The van der Waals surface area contributed by atoms with E-state index >= 15 is 0 Å². The number of likely N-dealkylation sites (N-methyl/N-ethyl adjacent to an activating group) is 1. The van der Waals surface area contributed by atoms with E-state index in [2.05, 4.69) is 52.8 Å². The summed E-state index contributed by atoms with van der Waals surface area (Å²) in [4.78, 5) is 232. The number of rotatable bonds is 24. The van der Waals surface area contributed by atoms with Gasteiger partial charge in [-0.25, -0.2) is 24.6 Å². The predicted octanol–water partition coefficient (Wildman–Crippen LogP) is 0.843. The van der Waals surface area contributed by atoms with Crippen LogP contribution in [0.25, 0.3) is 0 Å². The number of aliphatic carboxylic acids is 3. The van der Waals surface area contributed by atoms with Crippen molar-refractivity contribution in [2.45, 2.75) is 176 Å². The van der Waals surface area contributed by atoms with E-state index in [1.54, 1.807) is 44.8 Å². The van der Waals surface area contributed by atoms with Crippen LogP contribution in [0.3, 0.4) is 0 Å². The second-order valence-corrected chi connectivity index (χ2v) is 28.4. The summed E-state index contributed by atoms with van der Waals surface area (Å²) in [6, 6.07) is -2.47. The van der Waals surface area contributed by atoms with Crippen LogP contribution in [0.2, 0.25) is 0 Å². The zero-order valence-electron chi connectivity index (χ0n) is 64.7. The molecule has 12 amide bonds. The van der Waals surface area contributed by atoms with Crippen LogP contribution in [-0.4, -0.2) is 256 Å². The lowest BCUT2D eigenvalue weighted by Crippen LogP contribution is -2.55. The summed E-state index contributed by atoms with van der Waals surface area (Å²) >= 11 is 1.01. The van der Waals surface area contributed by atoms with Crippen molar-refractivity contribution in [2.24, 2.45) is 23.7 Å². The molecule has 1 aromatic heterocycles. The van der Waals surface area contributed by atoms with Gasteiger partial charge in [0.2, 0.25) is 53.2 Å². The van der Waals surface area contributed by atoms with E-state index in [0.29, 0.717) is 46.3 Å². The minimum Gasteiger partial charge on any atom is -0.481 e. The molecule has 1 aliphatic rings. The van der Waals surface area contributed by atoms with E-state index in [9.17, 15) is 96.8 Å². The van der Waals surface area contributed by atoms with Gasteiger partial charge in [0.15, 0.2) is 11.9 Å². The number of aromatic nitrogens is 1. The molecule has 0 saturated carbocycles. The van der Waals surface area contributed by atoms with Crippen molar-refractivity contribution < 1.29 is 111 Å². The summed E-state index contributed by atoms with van der Waals surface area (Å²) in [6.07, 6.45) is 0.344. The van der Waals surface area contributed by atoms with E-state index in [4.69, 9.17) is 14.2 Å². The molecule has 0 aliphatic carbocycles. The normalized spacial score (nSPS) is 19.8. The average Bonchev–Trinajstić information content (AvgIpc) is 1.12. The zero-order valence-corrected chi connectivity index (χ0v) is 65.5. The first-order chi connectivity index (χ1) is 51.5. The van der Waals surface area contributed by atoms with Gasteiger partial charge in [-0.2, -0.15) is 0 Å². The fourth-order valence-electron chi connectivity index (χ4n) is 10.7. The third kappa shape index (κ3) is 31.5. The Morgan fingerprint density at radius 3 is 1.60 bits per heavy atom. The molecule has 12 N–H and O–H groups in total. The van der Waals surface area contributed by atoms with Crippen LogP contribution >= 0.6 is 11.3 Å². The SMILES string of the molecule is CC[C@H](C)[C@H](CC(=O)C(C)(C)N(C)C)C(=O)N(C)[C@H](C[C@@H](OC(C)=O)c1nc(C(=O)N[C@@H](Cc2ccc3c(c2)NC(=O)[C@H](C)NC(=O)[C@H](C)NC(=O)CCOCCNC(=O)CN(C(=O)/C=C\C(=O)O)N(C(=O)/C=C\C(=O)O)CC(=O)NCCOCCC(=O)N[C@@H](C)C(=O)N[C@@H](C)C(=O)N3)CC(C)C(=O)O)cs1)C(C)C. The van der Waals surface area contributed by atoms with E-state index in [0.717, 1.165) is 11.3 Å². The number of Topliss-reactive ketones (excluding diaryl/α,β-unsaturated/α-hetero) is 1. The zero-order chi connectivity index (χ0) is 83.0. The van der Waals surface area contributed by atoms with Gasteiger partial charge in [0.1, 0.15) is 48.0 Å². The van der Waals surface area contributed by atoms with E-state index < -0.39 is 162 Å². The first-order valence-electron chi connectivity index (χ1n) is 35.7. The maximum atomic E-state index is 14.5. The lowest BCUT2D eigenvalue weighted by Gasteiger charge is -2.38. The van der Waals surface area contributed by atoms with Gasteiger partial charge < -0.3 is 82.3 Å². The van der Waals surface area contributed by atoms with Gasteiger partial charge in [-0.15, -0.1) is 11.3 Å². The van der Waals surface area contributed by atoms with Crippen molar-refractivity contribution in [1.82, 2.24) is 62.0 Å². The number of nitrogens with zero attached hydrogens (tertiary/aromatic N) is 5. The quantitative estimate of drug-likeness (QED) is 0.0512. The van der Waals surface area contributed by atoms with Crippen LogP contribution in [0.1, 0.15) is 149 Å². The number of ether oxygens (including phenoxy) is 3. The number of carbonyl (C=O) groups is 17. The summed E-state index contributed by atoms with van der Waals surface area (Å²) < 4.78 is 16.7. The van der Waals surface area contributed by atoms with Crippen molar-refractivity contribution in [3.8, 4) is 0 Å². The van der Waals surface area contributed by atoms with Crippen molar-refractivity contribution in [3.63, 3.8) is 0 Å². The number of hydrogen-bond acceptors (Lipinski definition) is 23. The maximum absolute atomic E-state index is 14.5. The summed E-state index contributed by atoms with van der Waals surface area (Å²) in [7, 11) is 5.24. The Hall–Kier alpha value is -10.6. The van der Waals surface area contributed by atoms with Crippen molar-refractivity contribution >= 4 is 123 Å². The standard InChI is InChI=1S/C72H106N14O23S/c1-16-40(4)49(34-55(88)72(11,12)83(13)14)70(104)84(15)53(39(2)3)35-54(109-46(10)87)69-82-52(38-110-69)68(103)79-48(31-41(5)71(105)106)32-47-17-18-50-51(33-47)81-67(102)45(9)78-65(100)43(7)76-57(90)24-28-108-30-26-74-59(92)37-86(61(94)20-22-63(97)98)85(60(93)19-21-62(95)96)36-58(91)73-25-29-107-27-23-56(89)75-42(6)64(99)77-44(8)66(101)80-50/h17-22,33,38-45,48-49,53-54H,16,23-32,34-37H2,1-15H3,(H,73,91)(H,74,92)(H,75,89)(H,76,90)(H,77,99)(H,78,100)(H,79,103)(H,80,101)(H,81,102)(H,95,96)(H,97,98)(H,105,106)/b21-19-,22-20-/t40-,41?,42-,43-,44-,45-,48+,49-,53+,54+/m0/s1. The smallest absolute Gasteiger partial charge is 0.328 e. The minimum atomic E-state index is -1.61. The number of carboxylic acid groups (broad SMARTS) is 3. The number of carbonyl (C=O) groups excluding carboxylic acids is 14. The first kappa shape index (κ1) is 93.6. The maximum Gasteiger partial charge on any atom is 0.328 e. The molecule has 0 saturated heterocycles. The number of ketones is 1. The second-order valence-electron chi connectivity index (χ2n) is 27.5. The molecule has 10 atom stereocenters. The molecular weight excluding hydrogens is 1460 g/mol. The van der Waals surface area contributed by atoms with E-state index in [1.807, 2.05) is 27.7 Å². The topological polar surface area (TPSA) is 513 Å². The molecule has 608 valence electrons. The molecule has 0 spiro atoms. The second kappa shape index (κ2) is 45.4. The molecule has 2 aromatic rings. The van der Waals surface area contributed by atoms with Gasteiger partial charge in [-0.1, -0.05) is 47.1 Å². The van der Waals surface area contributed by atoms with Crippen molar-refractivity contribution in [2.75, 3.05) is 84.4 Å². The Morgan fingerprint density at radius 1 is 0.673 bits per heavy atom. The Morgan fingerprint density at radius 2 is 1.15 bits per heavy atom. The van der Waals surface area contributed by atoms with Gasteiger partial charge in [0.05, 0.1) is 49.3 Å². The van der Waals surface area contributed by atoms with Gasteiger partial charge in [-0.05, 0) is 98.0 Å². The van der Waals surface area contributed by atoms with E-state index in [1.165, 1.54) is 65.1 Å². The molecule has 2 heterocycles. The number of thiazole rings is 1. The Bertz CT molecular complexity index is 3710. The number of carboxylic acids is 3. The van der Waals surface area contributed by atoms with Crippen molar-refractivity contribution in [1.29, 1.82) is 0 Å². The predicted molar refractivity (Wildman–Crippen MR) is 397 cm³/mol. The van der Waals surface area contributed by atoms with E-state index in [-0.39, 0.29) is 124 Å². The number of esters is 1. The highest BCUT2D eigenvalue weighted by molar-refractivity contribution is 7.09. The molecule has 1 aromatic carbocycles. The molecule has 1 aliphatic heterocycles. The molecular formula is C72H106N14O23S. The highest BCUT2D eigenvalue weighted by Gasteiger charge is 2.40. The molecule has 0 bridgehead atoms. The van der Waals surface area contributed by atoms with Gasteiger partial charge in [-0.3, -0.25) is 76.8 Å². The van der Waals surface area contributed by atoms with Crippen LogP contribution in [0.4, 0.5) is 11.4 Å². The average molecular weight is 1570 g/mol. The molecule has 110 heavy (non-hydrogen) atoms. The van der Waals surface area contributed by atoms with Gasteiger partial charge in [0, 0.05) is 100 Å². The summed E-state index contributed by atoms with van der Waals surface area (Å²) in [5.41, 5.74) is -0.775. The molecule has 0 fully saturated rings. The van der Waals surface area contributed by atoms with Crippen LogP contribution in [0.5, 0.6) is 0 Å². The third-order valence-electron chi connectivity index (χ3n) is 18.0.